The predicted octanol–water partition coefficient (Wildman–Crippen LogP) is 8.56. The molecule has 0 saturated carbocycles. The zero-order chi connectivity index (χ0) is 29.6. The van der Waals surface area contributed by atoms with E-state index in [-0.39, 0.29) is 15.5 Å². The SMILES string of the molecule is O=C(c1nn(-c2ccc(Cl)cc2)c(-c2ccccc2)c1S(=O)(=O)c1cccc2ccccc12)c1cccc2ccccc12. The Labute approximate surface area is 253 Å². The van der Waals surface area contributed by atoms with Gasteiger partial charge in [0.15, 0.2) is 5.69 Å². The van der Waals surface area contributed by atoms with Crippen LogP contribution in [0.3, 0.4) is 0 Å². The molecule has 7 heteroatoms. The average molecular weight is 599 g/mol. The second kappa shape index (κ2) is 10.7. The minimum atomic E-state index is -4.31. The molecule has 43 heavy (non-hydrogen) atoms. The number of nitrogens with zero attached hydrogens (tertiary/aromatic N) is 2. The summed E-state index contributed by atoms with van der Waals surface area (Å²) in [5, 5.41) is 8.23. The normalized spacial score (nSPS) is 11.7. The molecule has 7 rings (SSSR count). The van der Waals surface area contributed by atoms with Gasteiger partial charge in [0.2, 0.25) is 15.6 Å². The molecule has 0 N–H and O–H groups in total. The molecule has 1 heterocycles. The lowest BCUT2D eigenvalue weighted by atomic mass is 9.99. The van der Waals surface area contributed by atoms with Crippen molar-refractivity contribution in [1.82, 2.24) is 9.78 Å². The highest BCUT2D eigenvalue weighted by atomic mass is 35.5. The van der Waals surface area contributed by atoms with E-state index < -0.39 is 15.6 Å². The third kappa shape index (κ3) is 4.61. The van der Waals surface area contributed by atoms with Crippen LogP contribution in [-0.4, -0.2) is 24.0 Å². The lowest BCUT2D eigenvalue weighted by Gasteiger charge is -2.13. The minimum Gasteiger partial charge on any atom is -0.287 e. The number of ketones is 1. The zero-order valence-electron chi connectivity index (χ0n) is 22.7. The Morgan fingerprint density at radius 3 is 1.93 bits per heavy atom. The van der Waals surface area contributed by atoms with Crippen molar-refractivity contribution in [3.8, 4) is 16.9 Å². The van der Waals surface area contributed by atoms with Crippen LogP contribution in [0.4, 0.5) is 0 Å². The molecular formula is C36H23ClN2O3S. The van der Waals surface area contributed by atoms with Gasteiger partial charge in [-0.2, -0.15) is 5.10 Å². The maximum atomic E-state index is 14.9. The van der Waals surface area contributed by atoms with E-state index in [0.29, 0.717) is 38.3 Å². The minimum absolute atomic E-state index is 0.102. The number of sulfone groups is 1. The van der Waals surface area contributed by atoms with Crippen molar-refractivity contribution in [2.24, 2.45) is 0 Å². The number of carbonyl (C=O) groups is 1. The van der Waals surface area contributed by atoms with Crippen LogP contribution in [0.15, 0.2) is 149 Å². The summed E-state index contributed by atoms with van der Waals surface area (Å²) in [5.41, 5.74) is 1.67. The highest BCUT2D eigenvalue weighted by Crippen LogP contribution is 2.39. The highest BCUT2D eigenvalue weighted by Gasteiger charge is 2.36. The Balaban J connectivity index is 1.60. The van der Waals surface area contributed by atoms with Crippen molar-refractivity contribution in [3.63, 3.8) is 0 Å². The van der Waals surface area contributed by atoms with Crippen molar-refractivity contribution in [2.75, 3.05) is 0 Å². The van der Waals surface area contributed by atoms with Gasteiger partial charge in [-0.15, -0.1) is 0 Å². The third-order valence-electron chi connectivity index (χ3n) is 7.52. The summed E-state index contributed by atoms with van der Waals surface area (Å²) in [6.07, 6.45) is 0. The maximum Gasteiger partial charge on any atom is 0.215 e. The lowest BCUT2D eigenvalue weighted by molar-refractivity contribution is 0.103. The largest absolute Gasteiger partial charge is 0.287 e. The van der Waals surface area contributed by atoms with Crippen LogP contribution in [0.1, 0.15) is 16.1 Å². The Morgan fingerprint density at radius 1 is 0.628 bits per heavy atom. The van der Waals surface area contributed by atoms with E-state index in [9.17, 15) is 13.2 Å². The summed E-state index contributed by atoms with van der Waals surface area (Å²) in [5.74, 6) is -0.486. The number of hydrogen-bond acceptors (Lipinski definition) is 4. The summed E-state index contributed by atoms with van der Waals surface area (Å²) < 4.78 is 31.4. The van der Waals surface area contributed by atoms with Crippen molar-refractivity contribution in [1.29, 1.82) is 0 Å². The lowest BCUT2D eigenvalue weighted by Crippen LogP contribution is -2.11. The van der Waals surface area contributed by atoms with Crippen LogP contribution < -0.4 is 0 Å². The van der Waals surface area contributed by atoms with Gasteiger partial charge < -0.3 is 0 Å². The molecule has 0 fully saturated rings. The fourth-order valence-electron chi connectivity index (χ4n) is 5.52. The molecular weight excluding hydrogens is 576 g/mol. The van der Waals surface area contributed by atoms with Crippen LogP contribution in [-0.2, 0) is 9.84 Å². The molecule has 0 aliphatic carbocycles. The van der Waals surface area contributed by atoms with Gasteiger partial charge in [0.05, 0.1) is 16.3 Å². The van der Waals surface area contributed by atoms with Gasteiger partial charge >= 0.3 is 0 Å². The summed E-state index contributed by atoms with van der Waals surface area (Å²) in [7, 11) is -4.31. The van der Waals surface area contributed by atoms with Crippen LogP contribution >= 0.6 is 11.6 Å². The molecule has 0 unspecified atom stereocenters. The van der Waals surface area contributed by atoms with Crippen LogP contribution in [0.5, 0.6) is 0 Å². The Kier molecular flexibility index (Phi) is 6.65. The molecule has 0 aliphatic heterocycles. The van der Waals surface area contributed by atoms with Gasteiger partial charge in [0, 0.05) is 21.5 Å². The number of hydrogen-bond donors (Lipinski definition) is 0. The molecule has 0 radical (unpaired) electrons. The summed E-state index contributed by atoms with van der Waals surface area (Å²) in [6.45, 7) is 0. The molecule has 0 aliphatic rings. The molecule has 0 amide bonds. The van der Waals surface area contributed by atoms with Crippen molar-refractivity contribution in [3.05, 3.63) is 156 Å². The maximum absolute atomic E-state index is 14.9. The average Bonchev–Trinajstić information content (AvgIpc) is 3.46. The number of fused-ring (bicyclic) bond motifs is 2. The molecule has 0 atom stereocenters. The fourth-order valence-corrected chi connectivity index (χ4v) is 7.44. The van der Waals surface area contributed by atoms with Crippen LogP contribution in [0, 0.1) is 0 Å². The summed E-state index contributed by atoms with van der Waals surface area (Å²) in [6, 6.07) is 41.5. The first-order valence-corrected chi connectivity index (χ1v) is 15.5. The van der Waals surface area contributed by atoms with Gasteiger partial charge in [0.25, 0.3) is 0 Å². The van der Waals surface area contributed by atoms with Gasteiger partial charge in [-0.1, -0.05) is 121 Å². The van der Waals surface area contributed by atoms with Gasteiger partial charge in [-0.25, -0.2) is 13.1 Å². The number of benzene rings is 6. The first-order chi connectivity index (χ1) is 20.9. The highest BCUT2D eigenvalue weighted by molar-refractivity contribution is 7.92. The molecule has 0 saturated heterocycles. The molecule has 5 nitrogen and oxygen atoms in total. The molecule has 6 aromatic carbocycles. The topological polar surface area (TPSA) is 69.0 Å². The molecule has 208 valence electrons. The second-order valence-corrected chi connectivity index (χ2v) is 12.4. The fraction of sp³-hybridized carbons (Fsp3) is 0. The number of aromatic nitrogens is 2. The molecule has 0 bridgehead atoms. The third-order valence-corrected chi connectivity index (χ3v) is 9.63. The number of halogens is 1. The van der Waals surface area contributed by atoms with Crippen molar-refractivity contribution in [2.45, 2.75) is 9.79 Å². The standard InChI is InChI=1S/C36H23ClN2O3S/c37-27-20-22-28(23-21-27)39-34(26-12-2-1-3-13-26)36(43(41,42)32-19-9-15-25-11-5-7-17-30(25)32)33(38-39)35(40)31-18-8-14-24-10-4-6-16-29(24)31/h1-23H. The first-order valence-electron chi connectivity index (χ1n) is 13.6. The molecule has 0 spiro atoms. The van der Waals surface area contributed by atoms with E-state index >= 15 is 0 Å². The smallest absolute Gasteiger partial charge is 0.215 e. The van der Waals surface area contributed by atoms with Gasteiger partial charge in [-0.05, 0) is 46.5 Å². The van der Waals surface area contributed by atoms with E-state index in [1.165, 1.54) is 4.68 Å². The van der Waals surface area contributed by atoms with Crippen molar-refractivity contribution >= 4 is 48.8 Å². The Hall–Kier alpha value is -5.04. The second-order valence-electron chi connectivity index (χ2n) is 10.1. The van der Waals surface area contributed by atoms with Crippen LogP contribution in [0.25, 0.3) is 38.5 Å². The van der Waals surface area contributed by atoms with E-state index in [0.717, 1.165) is 10.8 Å². The molecule has 7 aromatic rings. The quantitative estimate of drug-likeness (QED) is 0.180. The van der Waals surface area contributed by atoms with Gasteiger partial charge in [-0.3, -0.25) is 4.79 Å². The summed E-state index contributed by atoms with van der Waals surface area (Å²) in [4.78, 5) is 14.5. The van der Waals surface area contributed by atoms with E-state index in [4.69, 9.17) is 16.7 Å². The first kappa shape index (κ1) is 26.8. The van der Waals surface area contributed by atoms with Crippen LogP contribution in [0.2, 0.25) is 5.02 Å². The van der Waals surface area contributed by atoms with E-state index in [2.05, 4.69) is 0 Å². The molecule has 1 aromatic heterocycles. The van der Waals surface area contributed by atoms with E-state index in [1.54, 1.807) is 60.7 Å². The predicted molar refractivity (Wildman–Crippen MR) is 171 cm³/mol. The summed E-state index contributed by atoms with van der Waals surface area (Å²) >= 11 is 6.21. The Morgan fingerprint density at radius 2 is 1.21 bits per heavy atom. The van der Waals surface area contributed by atoms with Crippen molar-refractivity contribution < 1.29 is 13.2 Å². The Bertz CT molecular complexity index is 2270. The van der Waals surface area contributed by atoms with Gasteiger partial charge in [0.1, 0.15) is 4.90 Å². The number of rotatable bonds is 6. The monoisotopic (exact) mass is 598 g/mol. The van der Waals surface area contributed by atoms with E-state index in [1.807, 2.05) is 78.9 Å². The zero-order valence-corrected chi connectivity index (χ0v) is 24.3. The number of carbonyl (C=O) groups excluding carboxylic acids is 1.